The molecule has 7 heteroatoms. The van der Waals surface area contributed by atoms with E-state index in [1.54, 1.807) is 17.5 Å². The van der Waals surface area contributed by atoms with Crippen LogP contribution in [0.3, 0.4) is 0 Å². The van der Waals surface area contributed by atoms with Gasteiger partial charge in [0, 0.05) is 13.2 Å². The second-order valence-corrected chi connectivity index (χ2v) is 7.28. The Bertz CT molecular complexity index is 581. The quantitative estimate of drug-likeness (QED) is 0.775. The summed E-state index contributed by atoms with van der Waals surface area (Å²) in [7, 11) is 0. The molecule has 2 aromatic heterocycles. The summed E-state index contributed by atoms with van der Waals surface area (Å²) in [5.41, 5.74) is 0. The van der Waals surface area contributed by atoms with E-state index in [0.29, 0.717) is 17.4 Å². The van der Waals surface area contributed by atoms with Crippen LogP contribution in [0.15, 0.2) is 23.7 Å². The molecule has 0 spiro atoms. The molecule has 0 saturated heterocycles. The molecule has 1 atom stereocenters. The van der Waals surface area contributed by atoms with Gasteiger partial charge in [-0.05, 0) is 17.4 Å². The van der Waals surface area contributed by atoms with Gasteiger partial charge in [-0.2, -0.15) is 0 Å². The highest BCUT2D eigenvalue weighted by Gasteiger charge is 2.13. The molecule has 5 nitrogen and oxygen atoms in total. The Kier molecular flexibility index (Phi) is 6.50. The molecule has 0 aliphatic rings. The summed E-state index contributed by atoms with van der Waals surface area (Å²) in [4.78, 5) is 17.9. The van der Waals surface area contributed by atoms with Crippen molar-refractivity contribution in [2.75, 3.05) is 19.8 Å². The third kappa shape index (κ3) is 5.17. The molecule has 0 bridgehead atoms. The van der Waals surface area contributed by atoms with E-state index < -0.39 is 6.10 Å². The largest absolute Gasteiger partial charge is 0.389 e. The summed E-state index contributed by atoms with van der Waals surface area (Å²) in [6, 6.07) is 3.93. The van der Waals surface area contributed by atoms with Crippen molar-refractivity contribution in [3.8, 4) is 9.88 Å². The summed E-state index contributed by atoms with van der Waals surface area (Å²) in [6.45, 7) is 5.08. The Morgan fingerprint density at radius 1 is 1.45 bits per heavy atom. The van der Waals surface area contributed by atoms with E-state index in [2.05, 4.69) is 10.3 Å². The molecular weight excluding hydrogens is 320 g/mol. The second kappa shape index (κ2) is 8.38. The highest BCUT2D eigenvalue weighted by molar-refractivity contribution is 7.21. The van der Waals surface area contributed by atoms with Gasteiger partial charge in [-0.15, -0.1) is 22.7 Å². The van der Waals surface area contributed by atoms with E-state index in [-0.39, 0.29) is 19.1 Å². The summed E-state index contributed by atoms with van der Waals surface area (Å²) in [5.74, 6) is 0.206. The number of aliphatic hydroxyl groups excluding tert-OH is 1. The van der Waals surface area contributed by atoms with Crippen LogP contribution in [0, 0.1) is 5.92 Å². The van der Waals surface area contributed by atoms with Gasteiger partial charge in [0.15, 0.2) is 0 Å². The number of amides is 1. The van der Waals surface area contributed by atoms with E-state index in [9.17, 15) is 9.90 Å². The van der Waals surface area contributed by atoms with Gasteiger partial charge in [0.1, 0.15) is 9.88 Å². The van der Waals surface area contributed by atoms with Crippen molar-refractivity contribution in [2.45, 2.75) is 20.0 Å². The molecule has 120 valence electrons. The molecular formula is C15H20N2O3S2. The molecule has 0 aromatic carbocycles. The maximum atomic E-state index is 12.0. The average Bonchev–Trinajstić information content (AvgIpc) is 3.14. The van der Waals surface area contributed by atoms with Crippen LogP contribution in [0.5, 0.6) is 0 Å². The van der Waals surface area contributed by atoms with E-state index in [1.165, 1.54) is 11.3 Å². The number of hydrogen-bond donors (Lipinski definition) is 2. The first-order chi connectivity index (χ1) is 10.6. The number of aliphatic hydroxyl groups is 1. The number of carbonyl (C=O) groups excluding carboxylic acids is 1. The van der Waals surface area contributed by atoms with E-state index in [0.717, 1.165) is 9.88 Å². The summed E-state index contributed by atoms with van der Waals surface area (Å²) < 4.78 is 5.34. The Labute approximate surface area is 138 Å². The monoisotopic (exact) mass is 340 g/mol. The lowest BCUT2D eigenvalue weighted by Crippen LogP contribution is -2.34. The molecule has 2 rings (SSSR count). The van der Waals surface area contributed by atoms with Crippen LogP contribution >= 0.6 is 22.7 Å². The van der Waals surface area contributed by atoms with Crippen LogP contribution in [0.4, 0.5) is 0 Å². The Morgan fingerprint density at radius 2 is 2.27 bits per heavy atom. The van der Waals surface area contributed by atoms with Crippen LogP contribution < -0.4 is 5.32 Å². The molecule has 0 aliphatic carbocycles. The van der Waals surface area contributed by atoms with Gasteiger partial charge < -0.3 is 15.2 Å². The number of thiazole rings is 1. The molecule has 1 amide bonds. The van der Waals surface area contributed by atoms with Crippen LogP contribution in [-0.2, 0) is 4.74 Å². The number of rotatable bonds is 8. The van der Waals surface area contributed by atoms with Crippen molar-refractivity contribution in [2.24, 2.45) is 5.92 Å². The summed E-state index contributed by atoms with van der Waals surface area (Å²) >= 11 is 2.94. The molecule has 0 fully saturated rings. The zero-order valence-corrected chi connectivity index (χ0v) is 14.2. The number of carbonyl (C=O) groups is 1. The minimum Gasteiger partial charge on any atom is -0.389 e. The molecule has 0 saturated carbocycles. The van der Waals surface area contributed by atoms with Crippen LogP contribution in [-0.4, -0.2) is 41.9 Å². The fraction of sp³-hybridized carbons (Fsp3) is 0.467. The lowest BCUT2D eigenvalue weighted by molar-refractivity contribution is 0.0259. The molecule has 0 radical (unpaired) electrons. The molecule has 1 unspecified atom stereocenters. The zero-order chi connectivity index (χ0) is 15.9. The minimum atomic E-state index is -0.701. The standard InChI is InChI=1S/C15H20N2O3S2/c1-10(2)8-20-9-11(18)6-16-14(19)13-7-17-15(22-13)12-4-3-5-21-12/h3-5,7,10-11,18H,6,8-9H2,1-2H3,(H,16,19). The number of hydrogen-bond acceptors (Lipinski definition) is 6. The maximum absolute atomic E-state index is 12.0. The van der Waals surface area contributed by atoms with E-state index in [4.69, 9.17) is 4.74 Å². The van der Waals surface area contributed by atoms with Crippen molar-refractivity contribution in [1.82, 2.24) is 10.3 Å². The highest BCUT2D eigenvalue weighted by Crippen LogP contribution is 2.28. The minimum absolute atomic E-state index is 0.170. The third-order valence-corrected chi connectivity index (χ3v) is 4.76. The van der Waals surface area contributed by atoms with Gasteiger partial charge >= 0.3 is 0 Å². The normalized spacial score (nSPS) is 12.5. The van der Waals surface area contributed by atoms with Gasteiger partial charge in [0.2, 0.25) is 0 Å². The Morgan fingerprint density at radius 3 is 2.95 bits per heavy atom. The molecule has 0 aliphatic heterocycles. The van der Waals surface area contributed by atoms with Gasteiger partial charge in [-0.1, -0.05) is 19.9 Å². The van der Waals surface area contributed by atoms with E-state index in [1.807, 2.05) is 31.4 Å². The lowest BCUT2D eigenvalue weighted by Gasteiger charge is -2.13. The average molecular weight is 340 g/mol. The highest BCUT2D eigenvalue weighted by atomic mass is 32.1. The first-order valence-electron chi connectivity index (χ1n) is 7.10. The van der Waals surface area contributed by atoms with Gasteiger partial charge in [0.25, 0.3) is 5.91 Å². The molecule has 2 heterocycles. The summed E-state index contributed by atoms with van der Waals surface area (Å²) in [5, 5.41) is 15.3. The molecule has 2 aromatic rings. The third-order valence-electron chi connectivity index (χ3n) is 2.72. The van der Waals surface area contributed by atoms with Crippen molar-refractivity contribution in [3.63, 3.8) is 0 Å². The Hall–Kier alpha value is -1.28. The second-order valence-electron chi connectivity index (χ2n) is 5.30. The number of nitrogens with one attached hydrogen (secondary N) is 1. The van der Waals surface area contributed by atoms with Crippen LogP contribution in [0.2, 0.25) is 0 Å². The molecule has 22 heavy (non-hydrogen) atoms. The maximum Gasteiger partial charge on any atom is 0.263 e. The number of nitrogens with zero attached hydrogens (tertiary/aromatic N) is 1. The van der Waals surface area contributed by atoms with E-state index >= 15 is 0 Å². The van der Waals surface area contributed by atoms with Gasteiger partial charge in [0.05, 0.1) is 23.8 Å². The van der Waals surface area contributed by atoms with Crippen molar-refractivity contribution >= 4 is 28.6 Å². The first-order valence-corrected chi connectivity index (χ1v) is 8.79. The SMILES string of the molecule is CC(C)COCC(O)CNC(=O)c1cnc(-c2cccs2)s1. The first kappa shape index (κ1) is 17.1. The smallest absolute Gasteiger partial charge is 0.263 e. The van der Waals surface area contributed by atoms with Crippen LogP contribution in [0.1, 0.15) is 23.5 Å². The number of aromatic nitrogens is 1. The van der Waals surface area contributed by atoms with Crippen LogP contribution in [0.25, 0.3) is 9.88 Å². The number of ether oxygens (including phenoxy) is 1. The predicted octanol–water partition coefficient (Wildman–Crippen LogP) is 2.63. The predicted molar refractivity (Wildman–Crippen MR) is 89.4 cm³/mol. The van der Waals surface area contributed by atoms with Crippen molar-refractivity contribution in [3.05, 3.63) is 28.6 Å². The summed E-state index contributed by atoms with van der Waals surface area (Å²) in [6.07, 6.45) is 0.865. The topological polar surface area (TPSA) is 71.5 Å². The van der Waals surface area contributed by atoms with Gasteiger partial charge in [-0.25, -0.2) is 4.98 Å². The lowest BCUT2D eigenvalue weighted by atomic mass is 10.2. The number of thiophene rings is 1. The Balaban J connectivity index is 1.78. The molecule has 2 N–H and O–H groups in total. The fourth-order valence-electron chi connectivity index (χ4n) is 1.69. The fourth-order valence-corrected chi connectivity index (χ4v) is 3.33. The zero-order valence-electron chi connectivity index (χ0n) is 12.6. The van der Waals surface area contributed by atoms with Gasteiger partial charge in [-0.3, -0.25) is 4.79 Å². The van der Waals surface area contributed by atoms with Crippen molar-refractivity contribution in [1.29, 1.82) is 0 Å². The van der Waals surface area contributed by atoms with Crippen molar-refractivity contribution < 1.29 is 14.6 Å².